The quantitative estimate of drug-likeness (QED) is 0.644. The maximum Gasteiger partial charge on any atom is 0.287 e. The van der Waals surface area contributed by atoms with E-state index in [0.717, 1.165) is 33.2 Å². The average molecular weight is 368 g/mol. The van der Waals surface area contributed by atoms with E-state index in [1.54, 1.807) is 19.4 Å². The summed E-state index contributed by atoms with van der Waals surface area (Å²) in [5.41, 5.74) is 4.64. The van der Waals surface area contributed by atoms with Crippen LogP contribution < -0.4 is 10.1 Å². The van der Waals surface area contributed by atoms with Gasteiger partial charge in [0.1, 0.15) is 12.2 Å². The number of hydrogen-bond acceptors (Lipinski definition) is 5. The first-order valence-corrected chi connectivity index (χ1v) is 8.85. The number of furan rings is 1. The normalized spacial score (nSPS) is 11.0. The molecule has 142 valence electrons. The van der Waals surface area contributed by atoms with Gasteiger partial charge in [0, 0.05) is 36.9 Å². The Morgan fingerprint density at radius 3 is 2.56 bits per heavy atom. The number of nitrogens with one attached hydrogen (secondary N) is 1. The highest BCUT2D eigenvalue weighted by Gasteiger charge is 2.19. The zero-order valence-electron chi connectivity index (χ0n) is 16.1. The number of ether oxygens (including phenoxy) is 2. The molecule has 2 heterocycles. The minimum absolute atomic E-state index is 0.233. The number of nitrogens with zero attached hydrogens (tertiary/aromatic N) is 1. The number of aryl methyl sites for hydroxylation is 3. The topological polar surface area (TPSA) is 73.6 Å². The van der Waals surface area contributed by atoms with Crippen molar-refractivity contribution in [3.8, 4) is 5.88 Å². The summed E-state index contributed by atoms with van der Waals surface area (Å²) < 4.78 is 16.2. The van der Waals surface area contributed by atoms with Gasteiger partial charge in [0.2, 0.25) is 5.88 Å². The van der Waals surface area contributed by atoms with Crippen LogP contribution in [0, 0.1) is 20.8 Å². The second-order valence-electron chi connectivity index (χ2n) is 6.49. The fourth-order valence-electron chi connectivity index (χ4n) is 2.98. The zero-order chi connectivity index (χ0) is 19.4. The van der Waals surface area contributed by atoms with Gasteiger partial charge in [-0.1, -0.05) is 18.2 Å². The van der Waals surface area contributed by atoms with Crippen LogP contribution in [-0.4, -0.2) is 31.2 Å². The maximum absolute atomic E-state index is 12.6. The predicted octanol–water partition coefficient (Wildman–Crippen LogP) is 3.71. The van der Waals surface area contributed by atoms with Crippen molar-refractivity contribution in [2.24, 2.45) is 0 Å². The number of pyridine rings is 1. The van der Waals surface area contributed by atoms with E-state index in [2.05, 4.69) is 10.3 Å². The molecule has 1 N–H and O–H groups in total. The number of aromatic nitrogens is 1. The van der Waals surface area contributed by atoms with E-state index in [1.165, 1.54) is 0 Å². The van der Waals surface area contributed by atoms with Crippen LogP contribution in [0.25, 0.3) is 11.0 Å². The molecule has 6 heteroatoms. The van der Waals surface area contributed by atoms with Gasteiger partial charge in [-0.15, -0.1) is 0 Å². The van der Waals surface area contributed by atoms with Crippen molar-refractivity contribution in [2.75, 3.05) is 20.3 Å². The molecule has 3 rings (SSSR count). The lowest BCUT2D eigenvalue weighted by Crippen LogP contribution is -2.23. The molecule has 0 spiro atoms. The monoisotopic (exact) mass is 368 g/mol. The van der Waals surface area contributed by atoms with Crippen LogP contribution in [0.5, 0.6) is 5.88 Å². The van der Waals surface area contributed by atoms with E-state index in [4.69, 9.17) is 13.9 Å². The van der Waals surface area contributed by atoms with Gasteiger partial charge < -0.3 is 19.2 Å². The highest BCUT2D eigenvalue weighted by molar-refractivity contribution is 6.00. The summed E-state index contributed by atoms with van der Waals surface area (Å²) >= 11 is 0. The Kier molecular flexibility index (Phi) is 5.76. The first kappa shape index (κ1) is 18.9. The fourth-order valence-corrected chi connectivity index (χ4v) is 2.98. The molecule has 2 aromatic heterocycles. The second-order valence-corrected chi connectivity index (χ2v) is 6.49. The largest absolute Gasteiger partial charge is 0.475 e. The Labute approximate surface area is 158 Å². The van der Waals surface area contributed by atoms with E-state index >= 15 is 0 Å². The van der Waals surface area contributed by atoms with Crippen LogP contribution in [-0.2, 0) is 11.3 Å². The molecule has 0 atom stereocenters. The van der Waals surface area contributed by atoms with Gasteiger partial charge >= 0.3 is 0 Å². The zero-order valence-corrected chi connectivity index (χ0v) is 16.1. The van der Waals surface area contributed by atoms with Crippen molar-refractivity contribution in [2.45, 2.75) is 27.3 Å². The van der Waals surface area contributed by atoms with Crippen molar-refractivity contribution < 1.29 is 18.7 Å². The molecular formula is C21H24N2O4. The molecule has 0 saturated carbocycles. The minimum atomic E-state index is -0.233. The van der Waals surface area contributed by atoms with E-state index in [0.29, 0.717) is 31.4 Å². The van der Waals surface area contributed by atoms with E-state index < -0.39 is 0 Å². The maximum atomic E-state index is 12.6. The Bertz CT molecular complexity index is 945. The van der Waals surface area contributed by atoms with E-state index in [1.807, 2.05) is 39.0 Å². The molecule has 0 aliphatic heterocycles. The summed E-state index contributed by atoms with van der Waals surface area (Å²) in [6, 6.07) is 7.69. The molecule has 6 nitrogen and oxygen atoms in total. The summed E-state index contributed by atoms with van der Waals surface area (Å²) in [5, 5.41) is 3.91. The van der Waals surface area contributed by atoms with Gasteiger partial charge in [-0.2, -0.15) is 0 Å². The van der Waals surface area contributed by atoms with E-state index in [9.17, 15) is 4.79 Å². The van der Waals surface area contributed by atoms with Crippen molar-refractivity contribution >= 4 is 16.9 Å². The lowest BCUT2D eigenvalue weighted by molar-refractivity contribution is 0.0924. The summed E-state index contributed by atoms with van der Waals surface area (Å²) in [4.78, 5) is 16.8. The molecule has 0 radical (unpaired) electrons. The summed E-state index contributed by atoms with van der Waals surface area (Å²) in [7, 11) is 1.62. The Hall–Kier alpha value is -2.86. The van der Waals surface area contributed by atoms with Gasteiger partial charge in [0.05, 0.1) is 6.61 Å². The Balaban J connectivity index is 1.68. The fraction of sp³-hybridized carbons (Fsp3) is 0.333. The standard InChI is InChI=1S/C21H24N2O4/c1-13-5-6-14(2)19-18(13)15(3)20(27-19)21(24)23-12-16-7-8-17(22-11-16)26-10-9-25-4/h5-8,11H,9-10,12H2,1-4H3,(H,23,24). The average Bonchev–Trinajstić information content (AvgIpc) is 3.03. The molecule has 3 aromatic rings. The third kappa shape index (κ3) is 4.11. The lowest BCUT2D eigenvalue weighted by Gasteiger charge is -2.06. The molecule has 1 aromatic carbocycles. The lowest BCUT2D eigenvalue weighted by atomic mass is 10.0. The van der Waals surface area contributed by atoms with Gasteiger partial charge in [-0.25, -0.2) is 4.98 Å². The smallest absolute Gasteiger partial charge is 0.287 e. The Morgan fingerprint density at radius 2 is 1.89 bits per heavy atom. The van der Waals surface area contributed by atoms with Crippen LogP contribution in [0.15, 0.2) is 34.9 Å². The first-order valence-electron chi connectivity index (χ1n) is 8.85. The number of carbonyl (C=O) groups excluding carboxylic acids is 1. The van der Waals surface area contributed by atoms with Crippen molar-refractivity contribution in [1.29, 1.82) is 0 Å². The van der Waals surface area contributed by atoms with Crippen LogP contribution in [0.3, 0.4) is 0 Å². The van der Waals surface area contributed by atoms with Gasteiger partial charge in [0.15, 0.2) is 5.76 Å². The minimum Gasteiger partial charge on any atom is -0.475 e. The SMILES string of the molecule is COCCOc1ccc(CNC(=O)c2oc3c(C)ccc(C)c3c2C)cn1. The molecule has 0 aliphatic carbocycles. The highest BCUT2D eigenvalue weighted by atomic mass is 16.5. The molecule has 0 fully saturated rings. The third-order valence-corrected chi connectivity index (χ3v) is 4.48. The first-order chi connectivity index (χ1) is 13.0. The Morgan fingerprint density at radius 1 is 1.11 bits per heavy atom. The van der Waals surface area contributed by atoms with Gasteiger partial charge in [0.25, 0.3) is 5.91 Å². The molecule has 0 bridgehead atoms. The number of rotatable bonds is 7. The summed E-state index contributed by atoms with van der Waals surface area (Å²) in [6.45, 7) is 7.24. The van der Waals surface area contributed by atoms with Gasteiger partial charge in [-0.05, 0) is 37.5 Å². The van der Waals surface area contributed by atoms with Crippen molar-refractivity contribution in [3.05, 3.63) is 58.5 Å². The van der Waals surface area contributed by atoms with E-state index in [-0.39, 0.29) is 5.91 Å². The molecule has 1 amide bonds. The number of methoxy groups -OCH3 is 1. The van der Waals surface area contributed by atoms with Crippen LogP contribution in [0.4, 0.5) is 0 Å². The van der Waals surface area contributed by atoms with Crippen LogP contribution in [0.1, 0.15) is 32.8 Å². The second kappa shape index (κ2) is 8.22. The number of benzene rings is 1. The van der Waals surface area contributed by atoms with Crippen LogP contribution in [0.2, 0.25) is 0 Å². The molecular weight excluding hydrogens is 344 g/mol. The number of fused-ring (bicyclic) bond motifs is 1. The molecule has 0 aliphatic rings. The highest BCUT2D eigenvalue weighted by Crippen LogP contribution is 2.30. The molecule has 27 heavy (non-hydrogen) atoms. The number of carbonyl (C=O) groups is 1. The number of amides is 1. The molecule has 0 saturated heterocycles. The number of hydrogen-bond donors (Lipinski definition) is 1. The third-order valence-electron chi connectivity index (χ3n) is 4.48. The van der Waals surface area contributed by atoms with Gasteiger partial charge in [-0.3, -0.25) is 4.79 Å². The summed E-state index contributed by atoms with van der Waals surface area (Å²) in [5.74, 6) is 0.652. The van der Waals surface area contributed by atoms with Crippen molar-refractivity contribution in [3.63, 3.8) is 0 Å². The summed E-state index contributed by atoms with van der Waals surface area (Å²) in [6.07, 6.45) is 1.68. The van der Waals surface area contributed by atoms with Crippen LogP contribution >= 0.6 is 0 Å². The van der Waals surface area contributed by atoms with Crippen molar-refractivity contribution in [1.82, 2.24) is 10.3 Å². The predicted molar refractivity (Wildman–Crippen MR) is 103 cm³/mol. The molecule has 0 unspecified atom stereocenters.